The monoisotopic (exact) mass is 250 g/mol. The molecule has 0 spiro atoms. The van der Waals surface area contributed by atoms with Gasteiger partial charge >= 0.3 is 0 Å². The molecule has 0 radical (unpaired) electrons. The Morgan fingerprint density at radius 2 is 1.78 bits per heavy atom. The van der Waals surface area contributed by atoms with Crippen molar-refractivity contribution >= 4 is 5.78 Å². The minimum atomic E-state index is -0.201. The Kier molecular flexibility index (Phi) is 5.52. The van der Waals surface area contributed by atoms with Crippen molar-refractivity contribution in [2.45, 2.75) is 53.4 Å². The van der Waals surface area contributed by atoms with Crippen LogP contribution in [0.5, 0.6) is 0 Å². The van der Waals surface area contributed by atoms with Crippen molar-refractivity contribution in [2.24, 2.45) is 5.92 Å². The number of ketones is 1. The van der Waals surface area contributed by atoms with Crippen LogP contribution in [0.1, 0.15) is 61.0 Å². The summed E-state index contributed by atoms with van der Waals surface area (Å²) in [5, 5.41) is 0. The first-order chi connectivity index (χ1) is 8.51. The summed E-state index contributed by atoms with van der Waals surface area (Å²) < 4.78 is 13.5. The normalized spacial score (nSPS) is 12.5. The molecule has 1 atom stereocenters. The molecule has 0 fully saturated rings. The molecule has 1 aromatic carbocycles. The van der Waals surface area contributed by atoms with Crippen molar-refractivity contribution in [1.29, 1.82) is 0 Å². The van der Waals surface area contributed by atoms with E-state index >= 15 is 0 Å². The molecule has 0 heterocycles. The van der Waals surface area contributed by atoms with E-state index in [1.54, 1.807) is 26.0 Å². The lowest BCUT2D eigenvalue weighted by molar-refractivity contribution is 0.0908. The highest BCUT2D eigenvalue weighted by Crippen LogP contribution is 2.22. The highest BCUT2D eigenvalue weighted by molar-refractivity contribution is 5.98. The van der Waals surface area contributed by atoms with Crippen LogP contribution in [0.3, 0.4) is 0 Å². The van der Waals surface area contributed by atoms with Crippen molar-refractivity contribution in [3.8, 4) is 0 Å². The first-order valence-electron chi connectivity index (χ1n) is 6.82. The van der Waals surface area contributed by atoms with Crippen LogP contribution in [0, 0.1) is 25.6 Å². The van der Waals surface area contributed by atoms with Gasteiger partial charge in [0.25, 0.3) is 0 Å². The summed E-state index contributed by atoms with van der Waals surface area (Å²) in [6, 6.07) is 3.36. The molecule has 1 nitrogen and oxygen atoms in total. The van der Waals surface area contributed by atoms with Crippen LogP contribution in [-0.4, -0.2) is 5.78 Å². The maximum Gasteiger partial charge on any atom is 0.165 e. The molecule has 0 amide bonds. The number of aryl methyl sites for hydroxylation is 2. The lowest BCUT2D eigenvalue weighted by Gasteiger charge is -2.14. The Hall–Kier alpha value is -1.18. The highest BCUT2D eigenvalue weighted by atomic mass is 19.1. The fourth-order valence-corrected chi connectivity index (χ4v) is 2.29. The topological polar surface area (TPSA) is 17.1 Å². The van der Waals surface area contributed by atoms with Crippen LogP contribution in [0.2, 0.25) is 0 Å². The number of rotatable bonds is 6. The van der Waals surface area contributed by atoms with Crippen LogP contribution in [-0.2, 0) is 0 Å². The van der Waals surface area contributed by atoms with E-state index in [0.717, 1.165) is 25.7 Å². The average Bonchev–Trinajstić information content (AvgIpc) is 2.36. The zero-order valence-electron chi connectivity index (χ0n) is 11.8. The van der Waals surface area contributed by atoms with Crippen LogP contribution in [0.15, 0.2) is 12.1 Å². The smallest absolute Gasteiger partial charge is 0.165 e. The molecule has 0 bridgehead atoms. The zero-order valence-corrected chi connectivity index (χ0v) is 11.8. The van der Waals surface area contributed by atoms with E-state index in [2.05, 4.69) is 6.92 Å². The summed E-state index contributed by atoms with van der Waals surface area (Å²) in [4.78, 5) is 12.4. The molecule has 1 unspecified atom stereocenters. The van der Waals surface area contributed by atoms with Crippen molar-refractivity contribution in [2.75, 3.05) is 0 Å². The second-order valence-electron chi connectivity index (χ2n) is 5.04. The lowest BCUT2D eigenvalue weighted by Crippen LogP contribution is -2.14. The summed E-state index contributed by atoms with van der Waals surface area (Å²) >= 11 is 0. The van der Waals surface area contributed by atoms with Gasteiger partial charge in [0.2, 0.25) is 0 Å². The number of carbonyl (C=O) groups is 1. The van der Waals surface area contributed by atoms with Gasteiger partial charge in [0.15, 0.2) is 5.78 Å². The predicted molar refractivity (Wildman–Crippen MR) is 73.5 cm³/mol. The molecule has 1 rings (SSSR count). The minimum absolute atomic E-state index is 0.0780. The summed E-state index contributed by atoms with van der Waals surface area (Å²) in [5.41, 5.74) is 1.78. The van der Waals surface area contributed by atoms with Crippen LogP contribution < -0.4 is 0 Å². The third-order valence-electron chi connectivity index (χ3n) is 3.49. The van der Waals surface area contributed by atoms with Crippen molar-refractivity contribution < 1.29 is 9.18 Å². The van der Waals surface area contributed by atoms with Gasteiger partial charge in [0, 0.05) is 11.5 Å². The van der Waals surface area contributed by atoms with E-state index in [0.29, 0.717) is 16.7 Å². The molecule has 100 valence electrons. The molecule has 0 saturated carbocycles. The molecular weight excluding hydrogens is 227 g/mol. The van der Waals surface area contributed by atoms with Crippen molar-refractivity contribution in [3.05, 3.63) is 34.6 Å². The molecule has 0 saturated heterocycles. The Balaban J connectivity index is 2.95. The maximum absolute atomic E-state index is 13.5. The number of hydrogen-bond acceptors (Lipinski definition) is 1. The summed E-state index contributed by atoms with van der Waals surface area (Å²) in [6.07, 6.45) is 3.96. The SMILES string of the molecule is CCCCC(CC)C(=O)c1cc(C)c(F)c(C)c1. The fourth-order valence-electron chi connectivity index (χ4n) is 2.29. The Bertz CT molecular complexity index is 400. The molecule has 0 N–H and O–H groups in total. The number of Topliss-reactive ketones (excluding diaryl/α,β-unsaturated/α-hetero) is 1. The molecule has 0 aromatic heterocycles. The van der Waals surface area contributed by atoms with Gasteiger partial charge < -0.3 is 0 Å². The average molecular weight is 250 g/mol. The zero-order chi connectivity index (χ0) is 13.7. The van der Waals surface area contributed by atoms with Gasteiger partial charge in [-0.2, -0.15) is 0 Å². The van der Waals surface area contributed by atoms with Gasteiger partial charge in [0.05, 0.1) is 0 Å². The van der Waals surface area contributed by atoms with E-state index in [9.17, 15) is 9.18 Å². The quantitative estimate of drug-likeness (QED) is 0.660. The van der Waals surface area contributed by atoms with Gasteiger partial charge in [-0.3, -0.25) is 4.79 Å². The number of carbonyl (C=O) groups excluding carboxylic acids is 1. The number of hydrogen-bond donors (Lipinski definition) is 0. The van der Waals surface area contributed by atoms with Crippen LogP contribution >= 0.6 is 0 Å². The van der Waals surface area contributed by atoms with Gasteiger partial charge in [-0.25, -0.2) is 4.39 Å². The van der Waals surface area contributed by atoms with Gasteiger partial charge in [-0.05, 0) is 49.9 Å². The van der Waals surface area contributed by atoms with Crippen molar-refractivity contribution in [3.63, 3.8) is 0 Å². The Morgan fingerprint density at radius 3 is 2.22 bits per heavy atom. The Morgan fingerprint density at radius 1 is 1.22 bits per heavy atom. The Labute approximate surface area is 109 Å². The third-order valence-corrected chi connectivity index (χ3v) is 3.49. The molecule has 0 aliphatic rings. The first-order valence-corrected chi connectivity index (χ1v) is 6.82. The fraction of sp³-hybridized carbons (Fsp3) is 0.562. The summed E-state index contributed by atoms with van der Waals surface area (Å²) in [7, 11) is 0. The van der Waals surface area contributed by atoms with Gasteiger partial charge in [-0.15, -0.1) is 0 Å². The van der Waals surface area contributed by atoms with Gasteiger partial charge in [0.1, 0.15) is 5.82 Å². The molecule has 2 heteroatoms. The van der Waals surface area contributed by atoms with Crippen molar-refractivity contribution in [1.82, 2.24) is 0 Å². The molecule has 0 aliphatic heterocycles. The number of halogens is 1. The third kappa shape index (κ3) is 3.41. The molecule has 0 aliphatic carbocycles. The molecular formula is C16H23FO. The molecule has 18 heavy (non-hydrogen) atoms. The van der Waals surface area contributed by atoms with E-state index in [1.807, 2.05) is 6.92 Å². The summed E-state index contributed by atoms with van der Waals surface area (Å²) in [5.74, 6) is 0.0412. The first kappa shape index (κ1) is 14.9. The summed E-state index contributed by atoms with van der Waals surface area (Å²) in [6.45, 7) is 7.60. The lowest BCUT2D eigenvalue weighted by atomic mass is 9.89. The predicted octanol–water partition coefficient (Wildman–Crippen LogP) is 4.84. The number of benzene rings is 1. The standard InChI is InChI=1S/C16H23FO/c1-5-7-8-13(6-2)16(18)14-9-11(3)15(17)12(4)10-14/h9-10,13H,5-8H2,1-4H3. The second kappa shape index (κ2) is 6.67. The minimum Gasteiger partial charge on any atom is -0.294 e. The highest BCUT2D eigenvalue weighted by Gasteiger charge is 2.19. The maximum atomic E-state index is 13.5. The molecule has 1 aromatic rings. The van der Waals surface area contributed by atoms with Crippen LogP contribution in [0.4, 0.5) is 4.39 Å². The largest absolute Gasteiger partial charge is 0.294 e. The van der Waals surface area contributed by atoms with E-state index in [4.69, 9.17) is 0 Å². The van der Waals surface area contributed by atoms with E-state index < -0.39 is 0 Å². The van der Waals surface area contributed by atoms with Gasteiger partial charge in [-0.1, -0.05) is 26.7 Å². The van der Waals surface area contributed by atoms with E-state index in [1.165, 1.54) is 0 Å². The number of unbranched alkanes of at least 4 members (excludes halogenated alkanes) is 1. The second-order valence-corrected chi connectivity index (χ2v) is 5.04. The van der Waals surface area contributed by atoms with Crippen LogP contribution in [0.25, 0.3) is 0 Å². The van der Waals surface area contributed by atoms with E-state index in [-0.39, 0.29) is 17.5 Å².